The highest BCUT2D eigenvalue weighted by Crippen LogP contribution is 2.28. The number of anilines is 1. The third-order valence-electron chi connectivity index (χ3n) is 5.16. The molecular formula is C24H28N2O4S. The first-order valence-electron chi connectivity index (χ1n) is 10.1. The Labute approximate surface area is 183 Å². The molecule has 0 atom stereocenters. The molecule has 164 valence electrons. The molecule has 0 spiro atoms. The molecular weight excluding hydrogens is 412 g/mol. The smallest absolute Gasteiger partial charge is 0.291 e. The maximum absolute atomic E-state index is 12.8. The van der Waals surface area contributed by atoms with Gasteiger partial charge in [-0.1, -0.05) is 49.7 Å². The summed E-state index contributed by atoms with van der Waals surface area (Å²) >= 11 is 0. The van der Waals surface area contributed by atoms with Crippen LogP contribution >= 0.6 is 0 Å². The van der Waals surface area contributed by atoms with Crippen LogP contribution in [0.5, 0.6) is 0 Å². The van der Waals surface area contributed by atoms with Crippen LogP contribution in [0.2, 0.25) is 0 Å². The van der Waals surface area contributed by atoms with Gasteiger partial charge in [-0.25, -0.2) is 8.42 Å². The number of nitrogens with one attached hydrogen (secondary N) is 1. The van der Waals surface area contributed by atoms with Gasteiger partial charge in [0.2, 0.25) is 10.0 Å². The first kappa shape index (κ1) is 22.8. The van der Waals surface area contributed by atoms with Crippen LogP contribution in [0.1, 0.15) is 52.8 Å². The second-order valence-electron chi connectivity index (χ2n) is 7.99. The van der Waals surface area contributed by atoms with E-state index in [2.05, 4.69) is 19.2 Å². The molecule has 0 saturated heterocycles. The van der Waals surface area contributed by atoms with Crippen molar-refractivity contribution < 1.29 is 17.6 Å². The van der Waals surface area contributed by atoms with Gasteiger partial charge in [0.1, 0.15) is 5.76 Å². The molecule has 0 saturated carbocycles. The fourth-order valence-corrected chi connectivity index (χ4v) is 4.43. The molecule has 0 aliphatic rings. The van der Waals surface area contributed by atoms with E-state index in [4.69, 9.17) is 4.42 Å². The quantitative estimate of drug-likeness (QED) is 0.555. The Balaban J connectivity index is 1.75. The number of benzene rings is 2. The SMILES string of the molecule is Cc1ccc(S(=O)(=O)N(C)Cc2ccc(C(=O)Nc3c(C)cccc3C(C)C)o2)cc1. The highest BCUT2D eigenvalue weighted by Gasteiger charge is 2.23. The minimum absolute atomic E-state index is 0.0189. The summed E-state index contributed by atoms with van der Waals surface area (Å²) < 4.78 is 32.4. The lowest BCUT2D eigenvalue weighted by Crippen LogP contribution is -2.26. The molecule has 3 rings (SSSR count). The number of sulfonamides is 1. The molecule has 6 nitrogen and oxygen atoms in total. The Kier molecular flexibility index (Phi) is 6.67. The number of carbonyl (C=O) groups is 1. The maximum Gasteiger partial charge on any atom is 0.291 e. The van der Waals surface area contributed by atoms with E-state index in [1.54, 1.807) is 36.4 Å². The number of amides is 1. The normalized spacial score (nSPS) is 11.8. The van der Waals surface area contributed by atoms with Crippen molar-refractivity contribution in [1.82, 2.24) is 4.31 Å². The molecule has 31 heavy (non-hydrogen) atoms. The van der Waals surface area contributed by atoms with E-state index in [0.717, 1.165) is 22.4 Å². The van der Waals surface area contributed by atoms with E-state index in [-0.39, 0.29) is 29.0 Å². The Morgan fingerprint density at radius 3 is 2.35 bits per heavy atom. The molecule has 0 unspecified atom stereocenters. The highest BCUT2D eigenvalue weighted by atomic mass is 32.2. The van der Waals surface area contributed by atoms with Crippen LogP contribution in [0.3, 0.4) is 0 Å². The number of para-hydroxylation sites is 1. The zero-order chi connectivity index (χ0) is 22.8. The summed E-state index contributed by atoms with van der Waals surface area (Å²) in [5.74, 6) is 0.404. The van der Waals surface area contributed by atoms with Crippen LogP contribution in [-0.2, 0) is 16.6 Å². The predicted molar refractivity (Wildman–Crippen MR) is 122 cm³/mol. The number of rotatable bonds is 7. The average Bonchev–Trinajstić information content (AvgIpc) is 3.18. The fourth-order valence-electron chi connectivity index (χ4n) is 3.30. The summed E-state index contributed by atoms with van der Waals surface area (Å²) in [6.45, 7) is 8.00. The minimum atomic E-state index is -3.66. The number of hydrogen-bond donors (Lipinski definition) is 1. The number of carbonyl (C=O) groups excluding carboxylic acids is 1. The minimum Gasteiger partial charge on any atom is -0.455 e. The maximum atomic E-state index is 12.8. The highest BCUT2D eigenvalue weighted by molar-refractivity contribution is 7.89. The van der Waals surface area contributed by atoms with Crippen LogP contribution in [0.4, 0.5) is 5.69 Å². The number of furan rings is 1. The molecule has 1 aromatic heterocycles. The van der Waals surface area contributed by atoms with Gasteiger partial charge < -0.3 is 9.73 Å². The van der Waals surface area contributed by atoms with Gasteiger partial charge in [0.05, 0.1) is 11.4 Å². The molecule has 1 N–H and O–H groups in total. The van der Waals surface area contributed by atoms with E-state index >= 15 is 0 Å². The van der Waals surface area contributed by atoms with Crippen molar-refractivity contribution in [3.05, 3.63) is 82.8 Å². The standard InChI is InChI=1S/C24H28N2O4S/c1-16(2)21-8-6-7-18(4)23(21)25-24(27)22-14-11-19(30-22)15-26(5)31(28,29)20-12-9-17(3)10-13-20/h6-14,16H,15H2,1-5H3,(H,25,27). The third kappa shape index (κ3) is 5.06. The van der Waals surface area contributed by atoms with Gasteiger partial charge in [-0.3, -0.25) is 4.79 Å². The first-order chi connectivity index (χ1) is 14.6. The topological polar surface area (TPSA) is 79.6 Å². The van der Waals surface area contributed by atoms with E-state index in [1.807, 2.05) is 32.0 Å². The molecule has 0 aliphatic carbocycles. The van der Waals surface area contributed by atoms with Gasteiger partial charge >= 0.3 is 0 Å². The molecule has 0 fully saturated rings. The van der Waals surface area contributed by atoms with Gasteiger partial charge in [-0.15, -0.1) is 0 Å². The summed E-state index contributed by atoms with van der Waals surface area (Å²) in [6.07, 6.45) is 0. The first-order valence-corrected chi connectivity index (χ1v) is 11.6. The largest absolute Gasteiger partial charge is 0.455 e. The van der Waals surface area contributed by atoms with Crippen molar-refractivity contribution in [1.29, 1.82) is 0 Å². The van der Waals surface area contributed by atoms with Crippen molar-refractivity contribution in [2.45, 2.75) is 45.1 Å². The Hall–Kier alpha value is -2.90. The zero-order valence-electron chi connectivity index (χ0n) is 18.5. The lowest BCUT2D eigenvalue weighted by molar-refractivity contribution is 0.0994. The van der Waals surface area contributed by atoms with Crippen LogP contribution in [0, 0.1) is 13.8 Å². The molecule has 0 aliphatic heterocycles. The van der Waals surface area contributed by atoms with E-state index < -0.39 is 10.0 Å². The second-order valence-corrected chi connectivity index (χ2v) is 10.0. The molecule has 1 amide bonds. The van der Waals surface area contributed by atoms with E-state index in [9.17, 15) is 13.2 Å². The zero-order valence-corrected chi connectivity index (χ0v) is 19.3. The van der Waals surface area contributed by atoms with Crippen LogP contribution in [-0.4, -0.2) is 25.7 Å². The van der Waals surface area contributed by atoms with E-state index in [1.165, 1.54) is 11.4 Å². The van der Waals surface area contributed by atoms with Gasteiger partial charge in [0.25, 0.3) is 5.91 Å². The summed E-state index contributed by atoms with van der Waals surface area (Å²) in [5.41, 5.74) is 3.77. The third-order valence-corrected chi connectivity index (χ3v) is 6.98. The van der Waals surface area contributed by atoms with Crippen LogP contribution in [0.25, 0.3) is 0 Å². The van der Waals surface area contributed by atoms with Crippen molar-refractivity contribution in [3.63, 3.8) is 0 Å². The van der Waals surface area contributed by atoms with Crippen molar-refractivity contribution in [2.75, 3.05) is 12.4 Å². The van der Waals surface area contributed by atoms with Crippen molar-refractivity contribution >= 4 is 21.6 Å². The van der Waals surface area contributed by atoms with Gasteiger partial charge in [0, 0.05) is 12.7 Å². The van der Waals surface area contributed by atoms with E-state index in [0.29, 0.717) is 5.76 Å². The lowest BCUT2D eigenvalue weighted by atomic mass is 9.98. The Bertz CT molecular complexity index is 1180. The summed E-state index contributed by atoms with van der Waals surface area (Å²) in [5, 5.41) is 2.94. The lowest BCUT2D eigenvalue weighted by Gasteiger charge is -2.16. The molecule has 3 aromatic rings. The van der Waals surface area contributed by atoms with Gasteiger partial charge in [-0.05, 0) is 55.2 Å². The molecule has 0 radical (unpaired) electrons. The van der Waals surface area contributed by atoms with Crippen molar-refractivity contribution in [3.8, 4) is 0 Å². The molecule has 2 aromatic carbocycles. The summed E-state index contributed by atoms with van der Waals surface area (Å²) in [4.78, 5) is 13.0. The monoisotopic (exact) mass is 440 g/mol. The average molecular weight is 441 g/mol. The molecule has 1 heterocycles. The number of aryl methyl sites for hydroxylation is 2. The van der Waals surface area contributed by atoms with Crippen LogP contribution < -0.4 is 5.32 Å². The molecule has 0 bridgehead atoms. The predicted octanol–water partition coefficient (Wildman–Crippen LogP) is 5.09. The Morgan fingerprint density at radius 1 is 1.03 bits per heavy atom. The second kappa shape index (κ2) is 9.08. The van der Waals surface area contributed by atoms with Crippen molar-refractivity contribution in [2.24, 2.45) is 0 Å². The summed E-state index contributed by atoms with van der Waals surface area (Å²) in [6, 6.07) is 15.8. The summed E-state index contributed by atoms with van der Waals surface area (Å²) in [7, 11) is -2.18. The number of nitrogens with zero attached hydrogens (tertiary/aromatic N) is 1. The van der Waals surface area contributed by atoms with Gasteiger partial charge in [0.15, 0.2) is 5.76 Å². The molecule has 7 heteroatoms. The van der Waals surface area contributed by atoms with Gasteiger partial charge in [-0.2, -0.15) is 4.31 Å². The van der Waals surface area contributed by atoms with Crippen LogP contribution in [0.15, 0.2) is 63.9 Å². The number of hydrogen-bond acceptors (Lipinski definition) is 4. The Morgan fingerprint density at radius 2 is 1.71 bits per heavy atom. The fraction of sp³-hybridized carbons (Fsp3) is 0.292.